The van der Waals surface area contributed by atoms with Crippen LogP contribution in [0.25, 0.3) is 0 Å². The molecule has 3 heteroatoms. The first kappa shape index (κ1) is 4.15. The van der Waals surface area contributed by atoms with Crippen LogP contribution in [0.1, 0.15) is 12.8 Å². The molecule has 1 aliphatic rings. The largest absolute Gasteiger partial charge is 0.347 e. The van der Waals surface area contributed by atoms with Gasteiger partial charge in [0, 0.05) is 0 Å². The first-order valence-electron chi connectivity index (χ1n) is 2.07. The van der Waals surface area contributed by atoms with E-state index in [1.54, 1.807) is 0 Å². The number of rotatable bonds is 2. The van der Waals surface area contributed by atoms with Crippen molar-refractivity contribution in [3.05, 3.63) is 0 Å². The third-order valence-corrected chi connectivity index (χ3v) is 0.875. The van der Waals surface area contributed by atoms with Gasteiger partial charge in [-0.15, -0.1) is 0 Å². The van der Waals surface area contributed by atoms with Gasteiger partial charge >= 0.3 is 7.48 Å². The van der Waals surface area contributed by atoms with E-state index in [0.29, 0.717) is 5.82 Å². The third-order valence-electron chi connectivity index (χ3n) is 0.875. The summed E-state index contributed by atoms with van der Waals surface area (Å²) in [7, 11) is 1.46. The normalized spacial score (nSPS) is 20.8. The molecule has 0 aliphatic heterocycles. The Kier molecular flexibility index (Phi) is 1.12. The van der Waals surface area contributed by atoms with Crippen LogP contribution in [0.4, 0.5) is 0 Å². The number of hydrogen-bond acceptors (Lipinski definition) is 2. The SMILES string of the molecule is OO[B]C1CC1. The highest BCUT2D eigenvalue weighted by molar-refractivity contribution is 6.30. The summed E-state index contributed by atoms with van der Waals surface area (Å²) in [4.78, 5) is 3.74. The molecule has 1 fully saturated rings. The van der Waals surface area contributed by atoms with E-state index in [4.69, 9.17) is 5.26 Å². The second-order valence-electron chi connectivity index (χ2n) is 1.58. The van der Waals surface area contributed by atoms with E-state index in [2.05, 4.69) is 4.81 Å². The predicted molar refractivity (Wildman–Crippen MR) is 22.5 cm³/mol. The van der Waals surface area contributed by atoms with Crippen molar-refractivity contribution < 1.29 is 10.1 Å². The van der Waals surface area contributed by atoms with E-state index < -0.39 is 0 Å². The lowest BCUT2D eigenvalue weighted by Crippen LogP contribution is -1.90. The molecule has 0 aromatic heterocycles. The first-order chi connectivity index (χ1) is 2.93. The average molecular weight is 84.9 g/mol. The Bertz CT molecular complexity index is 44.1. The summed E-state index contributed by atoms with van der Waals surface area (Å²) in [5.74, 6) is 0.551. The molecule has 1 saturated carbocycles. The lowest BCUT2D eigenvalue weighted by molar-refractivity contribution is -0.138. The van der Waals surface area contributed by atoms with Crippen LogP contribution < -0.4 is 0 Å². The predicted octanol–water partition coefficient (Wildman–Crippen LogP) is 0.677. The molecule has 0 heterocycles. The fourth-order valence-corrected chi connectivity index (χ4v) is 0.318. The van der Waals surface area contributed by atoms with Crippen molar-refractivity contribution >= 4 is 7.48 Å². The van der Waals surface area contributed by atoms with E-state index in [1.165, 1.54) is 20.3 Å². The van der Waals surface area contributed by atoms with Gasteiger partial charge in [0.2, 0.25) is 0 Å². The zero-order valence-electron chi connectivity index (χ0n) is 3.42. The fourth-order valence-electron chi connectivity index (χ4n) is 0.318. The molecule has 0 spiro atoms. The highest BCUT2D eigenvalue weighted by atomic mass is 17.1. The maximum Gasteiger partial charge on any atom is 0.347 e. The summed E-state index contributed by atoms with van der Waals surface area (Å²) < 4.78 is 0. The summed E-state index contributed by atoms with van der Waals surface area (Å²) in [6.45, 7) is 0. The third kappa shape index (κ3) is 0.991. The second-order valence-corrected chi connectivity index (χ2v) is 1.58. The number of hydrogen-bond donors (Lipinski definition) is 1. The second kappa shape index (κ2) is 1.62. The molecule has 1 N–H and O–H groups in total. The summed E-state index contributed by atoms with van der Waals surface area (Å²) in [5, 5.41) is 7.72. The molecule has 33 valence electrons. The molecule has 2 nitrogen and oxygen atoms in total. The Morgan fingerprint density at radius 1 is 1.67 bits per heavy atom. The molecule has 0 atom stereocenters. The van der Waals surface area contributed by atoms with Gasteiger partial charge in [-0.25, -0.2) is 0 Å². The molecule has 0 saturated heterocycles. The van der Waals surface area contributed by atoms with Crippen LogP contribution in [0.15, 0.2) is 0 Å². The Morgan fingerprint density at radius 2 is 2.33 bits per heavy atom. The van der Waals surface area contributed by atoms with Gasteiger partial charge < -0.3 is 4.81 Å². The van der Waals surface area contributed by atoms with Crippen LogP contribution >= 0.6 is 0 Å². The van der Waals surface area contributed by atoms with Crippen molar-refractivity contribution in [3.8, 4) is 0 Å². The molecular formula is C3H6BO2. The Labute approximate surface area is 37.3 Å². The van der Waals surface area contributed by atoms with Crippen LogP contribution in [0, 0.1) is 0 Å². The average Bonchev–Trinajstić information content (AvgIpc) is 2.21. The van der Waals surface area contributed by atoms with Gasteiger partial charge in [-0.2, -0.15) is 0 Å². The molecule has 0 unspecified atom stereocenters. The highest BCUT2D eigenvalue weighted by Crippen LogP contribution is 2.34. The van der Waals surface area contributed by atoms with Crippen LogP contribution in [-0.4, -0.2) is 12.7 Å². The fraction of sp³-hybridized carbons (Fsp3) is 1.00. The van der Waals surface area contributed by atoms with Crippen LogP contribution in [0.2, 0.25) is 5.82 Å². The molecule has 1 radical (unpaired) electrons. The van der Waals surface area contributed by atoms with E-state index in [9.17, 15) is 0 Å². The molecule has 0 bridgehead atoms. The van der Waals surface area contributed by atoms with Crippen LogP contribution in [-0.2, 0) is 4.81 Å². The minimum atomic E-state index is 0.551. The molecule has 0 amide bonds. The lowest BCUT2D eigenvalue weighted by atomic mass is 9.94. The minimum absolute atomic E-state index is 0.551. The maximum absolute atomic E-state index is 7.72. The first-order valence-corrected chi connectivity index (χ1v) is 2.07. The van der Waals surface area contributed by atoms with E-state index >= 15 is 0 Å². The van der Waals surface area contributed by atoms with Gasteiger partial charge in [-0.1, -0.05) is 12.8 Å². The monoisotopic (exact) mass is 85.0 g/mol. The maximum atomic E-state index is 7.72. The van der Waals surface area contributed by atoms with Crippen molar-refractivity contribution in [1.82, 2.24) is 0 Å². The summed E-state index contributed by atoms with van der Waals surface area (Å²) in [6, 6.07) is 0. The van der Waals surface area contributed by atoms with Gasteiger partial charge in [0.25, 0.3) is 0 Å². The Balaban J connectivity index is 1.88. The molecule has 0 aromatic rings. The molecule has 1 rings (SSSR count). The standard InChI is InChI=1S/C3H6BO2/c5-6-4-3-1-2-3/h3,5H,1-2H2. The van der Waals surface area contributed by atoms with E-state index in [1.807, 2.05) is 0 Å². The summed E-state index contributed by atoms with van der Waals surface area (Å²) in [5.41, 5.74) is 0. The Morgan fingerprint density at radius 3 is 2.50 bits per heavy atom. The van der Waals surface area contributed by atoms with Crippen molar-refractivity contribution in [2.45, 2.75) is 18.7 Å². The zero-order chi connectivity index (χ0) is 4.41. The van der Waals surface area contributed by atoms with Crippen molar-refractivity contribution in [1.29, 1.82) is 0 Å². The molecule has 6 heavy (non-hydrogen) atoms. The van der Waals surface area contributed by atoms with Crippen LogP contribution in [0.5, 0.6) is 0 Å². The molecular weight excluding hydrogens is 78.8 g/mol. The van der Waals surface area contributed by atoms with E-state index in [0.717, 1.165) is 0 Å². The summed E-state index contributed by atoms with van der Waals surface area (Å²) in [6.07, 6.45) is 2.36. The summed E-state index contributed by atoms with van der Waals surface area (Å²) >= 11 is 0. The van der Waals surface area contributed by atoms with Gasteiger partial charge in [0.1, 0.15) is 0 Å². The van der Waals surface area contributed by atoms with Gasteiger partial charge in [0.05, 0.1) is 0 Å². The zero-order valence-corrected chi connectivity index (χ0v) is 3.42. The van der Waals surface area contributed by atoms with Crippen LogP contribution in [0.3, 0.4) is 0 Å². The topological polar surface area (TPSA) is 29.5 Å². The van der Waals surface area contributed by atoms with Crippen molar-refractivity contribution in [3.63, 3.8) is 0 Å². The van der Waals surface area contributed by atoms with Crippen molar-refractivity contribution in [2.75, 3.05) is 0 Å². The Hall–Kier alpha value is -0.0151. The highest BCUT2D eigenvalue weighted by Gasteiger charge is 2.23. The quantitative estimate of drug-likeness (QED) is 0.303. The van der Waals surface area contributed by atoms with Gasteiger partial charge in [-0.05, 0) is 5.82 Å². The lowest BCUT2D eigenvalue weighted by Gasteiger charge is -1.80. The van der Waals surface area contributed by atoms with Gasteiger partial charge in [0.15, 0.2) is 0 Å². The van der Waals surface area contributed by atoms with Gasteiger partial charge in [-0.3, -0.25) is 5.26 Å². The minimum Gasteiger partial charge on any atom is -0.313 e. The molecule has 1 aliphatic carbocycles. The van der Waals surface area contributed by atoms with Crippen molar-refractivity contribution in [2.24, 2.45) is 0 Å². The smallest absolute Gasteiger partial charge is 0.313 e. The van der Waals surface area contributed by atoms with E-state index in [-0.39, 0.29) is 0 Å². The molecule has 0 aromatic carbocycles.